The lowest BCUT2D eigenvalue weighted by Crippen LogP contribution is -3.00. The van der Waals surface area contributed by atoms with E-state index in [2.05, 4.69) is 202 Å². The molecular weight excluding hydrogens is 722 g/mol. The summed E-state index contributed by atoms with van der Waals surface area (Å²) in [6.45, 7) is 4.79. The van der Waals surface area contributed by atoms with Gasteiger partial charge in [-0.2, -0.15) is 0 Å². The van der Waals surface area contributed by atoms with Gasteiger partial charge in [-0.25, -0.2) is 0 Å². The molecule has 0 unspecified atom stereocenters. The Bertz CT molecular complexity index is 2020. The van der Waals surface area contributed by atoms with E-state index in [9.17, 15) is 0 Å². The van der Waals surface area contributed by atoms with Gasteiger partial charge >= 0.3 is 0 Å². The van der Waals surface area contributed by atoms with Crippen molar-refractivity contribution in [3.8, 4) is 33.4 Å². The molecule has 7 aromatic carbocycles. The molecule has 0 atom stereocenters. The minimum absolute atomic E-state index is 0. The molecule has 0 aliphatic carbocycles. The predicted molar refractivity (Wildman–Crippen MR) is 210 cm³/mol. The molecule has 0 aliphatic heterocycles. The third-order valence-corrected chi connectivity index (χ3v) is 14.1. The van der Waals surface area contributed by atoms with Gasteiger partial charge in [0.05, 0.1) is 6.16 Å². The van der Waals surface area contributed by atoms with Crippen LogP contribution in [0.25, 0.3) is 33.4 Å². The minimum atomic E-state index is -2.20. The van der Waals surface area contributed by atoms with Crippen LogP contribution in [-0.2, 0) is 6.42 Å². The lowest BCUT2D eigenvalue weighted by atomic mass is 9.83. The molecule has 0 spiro atoms. The zero-order chi connectivity index (χ0) is 32.8. The molecular formula is C47H42IP. The summed E-state index contributed by atoms with van der Waals surface area (Å²) in [7, 11) is -2.20. The van der Waals surface area contributed by atoms with Crippen molar-refractivity contribution in [2.45, 2.75) is 20.3 Å². The van der Waals surface area contributed by atoms with Gasteiger partial charge < -0.3 is 24.0 Å². The molecule has 0 saturated heterocycles. The normalized spacial score (nSPS) is 11.2. The summed E-state index contributed by atoms with van der Waals surface area (Å²) in [5, 5.41) is 4.32. The highest BCUT2D eigenvalue weighted by molar-refractivity contribution is 7.96. The number of halogens is 1. The van der Waals surface area contributed by atoms with Gasteiger partial charge in [-0.05, 0) is 76.1 Å². The molecule has 0 saturated carbocycles. The van der Waals surface area contributed by atoms with Crippen LogP contribution in [0.1, 0.15) is 25.0 Å². The molecule has 0 bridgehead atoms. The van der Waals surface area contributed by atoms with E-state index >= 15 is 0 Å². The van der Waals surface area contributed by atoms with Crippen LogP contribution in [0.5, 0.6) is 0 Å². The topological polar surface area (TPSA) is 0 Å². The molecule has 0 fully saturated rings. The van der Waals surface area contributed by atoms with Gasteiger partial charge in [0.25, 0.3) is 0 Å². The largest absolute Gasteiger partial charge is 1.00 e. The quantitative estimate of drug-likeness (QED) is 0.0974. The van der Waals surface area contributed by atoms with Gasteiger partial charge in [-0.3, -0.25) is 0 Å². The van der Waals surface area contributed by atoms with Gasteiger partial charge in [0.1, 0.15) is 23.2 Å². The van der Waals surface area contributed by atoms with Crippen LogP contribution in [0.3, 0.4) is 0 Å². The lowest BCUT2D eigenvalue weighted by Gasteiger charge is -2.33. The second kappa shape index (κ2) is 15.9. The Balaban J connectivity index is 0.00000417. The maximum absolute atomic E-state index is 2.63. The van der Waals surface area contributed by atoms with E-state index in [-0.39, 0.29) is 24.0 Å². The molecule has 2 heteroatoms. The van der Waals surface area contributed by atoms with Crippen molar-refractivity contribution in [2.75, 3.05) is 6.16 Å². The van der Waals surface area contributed by atoms with Crippen LogP contribution in [-0.4, -0.2) is 6.16 Å². The van der Waals surface area contributed by atoms with Crippen molar-refractivity contribution in [1.29, 1.82) is 0 Å². The van der Waals surface area contributed by atoms with E-state index in [4.69, 9.17) is 0 Å². The van der Waals surface area contributed by atoms with E-state index in [1.54, 1.807) is 0 Å². The predicted octanol–water partition coefficient (Wildman–Crippen LogP) is 8.23. The minimum Gasteiger partial charge on any atom is -1.00 e. The first-order valence-corrected chi connectivity index (χ1v) is 19.0. The van der Waals surface area contributed by atoms with Crippen LogP contribution >= 0.6 is 7.26 Å². The van der Waals surface area contributed by atoms with Crippen LogP contribution < -0.4 is 39.9 Å². The smallest absolute Gasteiger partial charge is 0.113 e. The van der Waals surface area contributed by atoms with E-state index in [1.807, 2.05) is 0 Å². The highest BCUT2D eigenvalue weighted by Gasteiger charge is 2.48. The summed E-state index contributed by atoms with van der Waals surface area (Å²) >= 11 is 0. The molecule has 0 nitrogen and oxygen atoms in total. The summed E-state index contributed by atoms with van der Waals surface area (Å²) in [5.41, 5.74) is 10.4. The van der Waals surface area contributed by atoms with E-state index in [0.717, 1.165) is 12.6 Å². The Morgan fingerprint density at radius 2 is 0.796 bits per heavy atom. The highest BCUT2D eigenvalue weighted by Crippen LogP contribution is 2.60. The Hall–Kier alpha value is -4.30. The third-order valence-electron chi connectivity index (χ3n) is 9.26. The summed E-state index contributed by atoms with van der Waals surface area (Å²) in [4.78, 5) is 0. The second-order valence-electron chi connectivity index (χ2n) is 13.0. The molecule has 7 rings (SSSR count). The van der Waals surface area contributed by atoms with Crippen LogP contribution in [0, 0.1) is 5.92 Å². The maximum Gasteiger partial charge on any atom is 0.113 e. The van der Waals surface area contributed by atoms with Gasteiger partial charge in [-0.1, -0.05) is 172 Å². The first-order chi connectivity index (χ1) is 23.6. The average molecular weight is 765 g/mol. The van der Waals surface area contributed by atoms with Crippen LogP contribution in [0.4, 0.5) is 0 Å². The van der Waals surface area contributed by atoms with E-state index in [1.165, 1.54) is 60.4 Å². The van der Waals surface area contributed by atoms with Crippen LogP contribution in [0.2, 0.25) is 0 Å². The molecule has 0 heterocycles. The highest BCUT2D eigenvalue weighted by atomic mass is 127. The monoisotopic (exact) mass is 764 g/mol. The summed E-state index contributed by atoms with van der Waals surface area (Å²) in [6, 6.07) is 69.8. The third kappa shape index (κ3) is 7.20. The number of benzene rings is 7. The van der Waals surface area contributed by atoms with Crippen molar-refractivity contribution < 1.29 is 24.0 Å². The fourth-order valence-corrected chi connectivity index (χ4v) is 12.3. The number of hydrogen-bond acceptors (Lipinski definition) is 0. The lowest BCUT2D eigenvalue weighted by molar-refractivity contribution is -0.00000939. The average Bonchev–Trinajstić information content (AvgIpc) is 3.15. The van der Waals surface area contributed by atoms with Gasteiger partial charge in [-0.15, -0.1) is 0 Å². The van der Waals surface area contributed by atoms with Gasteiger partial charge in [0.2, 0.25) is 0 Å². The summed E-state index contributed by atoms with van der Waals surface area (Å²) < 4.78 is 0. The SMILES string of the molecule is CC(C)C[P+](c1ccccc1)(c1ccccc1)c1cc(Cc2ccccc2)c(-c2ccccc2)c(-c2ccccc2)c1-c1ccccc1.[I-]. The van der Waals surface area contributed by atoms with Crippen molar-refractivity contribution in [1.82, 2.24) is 0 Å². The first kappa shape index (κ1) is 34.6. The fraction of sp³-hybridized carbons (Fsp3) is 0.106. The zero-order valence-electron chi connectivity index (χ0n) is 28.2. The Kier molecular flexibility index (Phi) is 11.2. The zero-order valence-corrected chi connectivity index (χ0v) is 31.3. The molecule has 0 amide bonds. The molecule has 0 aliphatic rings. The fourth-order valence-electron chi connectivity index (χ4n) is 7.35. The standard InChI is InChI=1S/C47H42P.HI/c1-36(2)35-48(42-29-17-7-18-30-42,43-31-19-8-20-32-43)44-34-41(33-37-21-9-3-10-22-37)45(38-23-11-4-12-24-38)47(40-27-15-6-16-28-40)46(44)39-25-13-5-14-26-39;/h3-32,34,36H,33,35H2,1-2H3;1H/q+1;/p-1. The molecule has 0 radical (unpaired) electrons. The second-order valence-corrected chi connectivity index (χ2v) is 16.5. The Morgan fingerprint density at radius 3 is 1.22 bits per heavy atom. The van der Waals surface area contributed by atoms with Gasteiger partial charge in [0, 0.05) is 11.1 Å². The molecule has 7 aromatic rings. The van der Waals surface area contributed by atoms with E-state index in [0.29, 0.717) is 5.92 Å². The molecule has 0 N–H and O–H groups in total. The first-order valence-electron chi connectivity index (χ1n) is 17.0. The molecule has 49 heavy (non-hydrogen) atoms. The van der Waals surface area contributed by atoms with Gasteiger partial charge in [0.15, 0.2) is 0 Å². The summed E-state index contributed by atoms with van der Waals surface area (Å²) in [5.74, 6) is 0.480. The number of rotatable bonds is 10. The van der Waals surface area contributed by atoms with Crippen molar-refractivity contribution in [2.24, 2.45) is 5.92 Å². The van der Waals surface area contributed by atoms with E-state index < -0.39 is 7.26 Å². The van der Waals surface area contributed by atoms with Crippen molar-refractivity contribution in [3.05, 3.63) is 199 Å². The number of hydrogen-bond donors (Lipinski definition) is 0. The maximum atomic E-state index is 2.63. The van der Waals surface area contributed by atoms with Crippen LogP contribution in [0.15, 0.2) is 188 Å². The Labute approximate surface area is 310 Å². The molecule has 242 valence electrons. The van der Waals surface area contributed by atoms with Crippen molar-refractivity contribution >= 4 is 23.2 Å². The molecule has 0 aromatic heterocycles. The van der Waals surface area contributed by atoms with Crippen molar-refractivity contribution in [3.63, 3.8) is 0 Å². The summed E-state index contributed by atoms with van der Waals surface area (Å²) in [6.07, 6.45) is 1.92. The Morgan fingerprint density at radius 1 is 0.429 bits per heavy atom.